The molecule has 0 aliphatic carbocycles. The Morgan fingerprint density at radius 2 is 0.619 bits per heavy atom. The van der Waals surface area contributed by atoms with Crippen LogP contribution >= 0.6 is 0 Å². The van der Waals surface area contributed by atoms with Crippen molar-refractivity contribution < 1.29 is 28.6 Å². The topological polar surface area (TPSA) is 78.9 Å². The number of allylic oxidation sites excluding steroid dienone is 18. The molecule has 0 spiro atoms. The molecule has 356 valence electrons. The third-order valence-corrected chi connectivity index (χ3v) is 10.2. The molecule has 0 aromatic heterocycles. The second-order valence-electron chi connectivity index (χ2n) is 16.3. The molecule has 0 amide bonds. The summed E-state index contributed by atoms with van der Waals surface area (Å²) in [6, 6.07) is 0. The van der Waals surface area contributed by atoms with E-state index >= 15 is 0 Å². The molecule has 0 aliphatic heterocycles. The SMILES string of the molecule is CC/C=C\C/C=C\C/C=C\C/C=C\CCCCCCC(=O)OCC(COC(=O)CCCCCC/C=C\C/C=C\C/C=C\C/C=C\CC)OC(=O)CCCCCCC/C=C\CCCC. The maximum Gasteiger partial charge on any atom is 0.306 e. The average molecular weight is 873 g/mol. The third kappa shape index (κ3) is 49.0. The lowest BCUT2D eigenvalue weighted by Gasteiger charge is -2.18. The van der Waals surface area contributed by atoms with Gasteiger partial charge >= 0.3 is 17.9 Å². The van der Waals surface area contributed by atoms with Crippen LogP contribution in [0.5, 0.6) is 0 Å². The Balaban J connectivity index is 4.47. The molecule has 0 N–H and O–H groups in total. The van der Waals surface area contributed by atoms with Crippen LogP contribution in [0.3, 0.4) is 0 Å². The highest BCUT2D eigenvalue weighted by atomic mass is 16.6. The van der Waals surface area contributed by atoms with Gasteiger partial charge in [-0.1, -0.05) is 188 Å². The minimum atomic E-state index is -0.804. The summed E-state index contributed by atoms with van der Waals surface area (Å²) in [6.07, 6.45) is 67.8. The first-order valence-electron chi connectivity index (χ1n) is 25.4. The van der Waals surface area contributed by atoms with E-state index in [-0.39, 0.29) is 31.1 Å². The minimum absolute atomic E-state index is 0.104. The zero-order valence-electron chi connectivity index (χ0n) is 40.5. The summed E-state index contributed by atoms with van der Waals surface area (Å²) in [4.78, 5) is 37.9. The Morgan fingerprint density at radius 1 is 0.333 bits per heavy atom. The average Bonchev–Trinajstić information content (AvgIpc) is 3.28. The number of hydrogen-bond donors (Lipinski definition) is 0. The van der Waals surface area contributed by atoms with Gasteiger partial charge in [-0.05, 0) is 116 Å². The van der Waals surface area contributed by atoms with Crippen LogP contribution in [0.15, 0.2) is 109 Å². The van der Waals surface area contributed by atoms with Crippen LogP contribution in [0.4, 0.5) is 0 Å². The van der Waals surface area contributed by atoms with Gasteiger partial charge < -0.3 is 14.2 Å². The number of ether oxygens (including phenoxy) is 3. The number of esters is 3. The van der Waals surface area contributed by atoms with Crippen LogP contribution in [-0.2, 0) is 28.6 Å². The second-order valence-corrected chi connectivity index (χ2v) is 16.3. The number of hydrogen-bond acceptors (Lipinski definition) is 6. The van der Waals surface area contributed by atoms with E-state index in [1.54, 1.807) is 0 Å². The number of carbonyl (C=O) groups excluding carboxylic acids is 3. The molecule has 0 heterocycles. The highest BCUT2D eigenvalue weighted by molar-refractivity contribution is 5.71. The molecule has 0 saturated carbocycles. The summed E-state index contributed by atoms with van der Waals surface area (Å²) in [7, 11) is 0. The summed E-state index contributed by atoms with van der Waals surface area (Å²) in [6.45, 7) is 6.30. The predicted octanol–water partition coefficient (Wildman–Crippen LogP) is 16.8. The van der Waals surface area contributed by atoms with Crippen molar-refractivity contribution in [1.29, 1.82) is 0 Å². The molecule has 0 atom stereocenters. The van der Waals surface area contributed by atoms with Crippen LogP contribution < -0.4 is 0 Å². The van der Waals surface area contributed by atoms with Crippen LogP contribution in [0, 0.1) is 0 Å². The summed E-state index contributed by atoms with van der Waals surface area (Å²) in [5, 5.41) is 0. The molecule has 0 aliphatic rings. The van der Waals surface area contributed by atoms with Gasteiger partial charge in [-0.3, -0.25) is 14.4 Å². The van der Waals surface area contributed by atoms with E-state index in [0.29, 0.717) is 19.3 Å². The Morgan fingerprint density at radius 3 is 0.984 bits per heavy atom. The predicted molar refractivity (Wildman–Crippen MR) is 270 cm³/mol. The minimum Gasteiger partial charge on any atom is -0.462 e. The van der Waals surface area contributed by atoms with Gasteiger partial charge in [0, 0.05) is 19.3 Å². The largest absolute Gasteiger partial charge is 0.462 e. The molecule has 6 nitrogen and oxygen atoms in total. The highest BCUT2D eigenvalue weighted by Gasteiger charge is 2.19. The van der Waals surface area contributed by atoms with Gasteiger partial charge in [0.05, 0.1) is 0 Å². The molecule has 6 heteroatoms. The van der Waals surface area contributed by atoms with Crippen molar-refractivity contribution >= 4 is 17.9 Å². The van der Waals surface area contributed by atoms with E-state index in [0.717, 1.165) is 148 Å². The quantitative estimate of drug-likeness (QED) is 0.0263. The maximum atomic E-state index is 12.8. The van der Waals surface area contributed by atoms with Gasteiger partial charge in [-0.15, -0.1) is 0 Å². The molecule has 0 radical (unpaired) electrons. The Labute approximate surface area is 387 Å². The van der Waals surface area contributed by atoms with Crippen LogP contribution in [0.2, 0.25) is 0 Å². The Bertz CT molecular complexity index is 1250. The third-order valence-electron chi connectivity index (χ3n) is 10.2. The lowest BCUT2D eigenvalue weighted by atomic mass is 10.1. The van der Waals surface area contributed by atoms with Crippen LogP contribution in [0.25, 0.3) is 0 Å². The zero-order chi connectivity index (χ0) is 45.8. The van der Waals surface area contributed by atoms with Crippen LogP contribution in [0.1, 0.15) is 213 Å². The fraction of sp³-hybridized carbons (Fsp3) is 0.632. The molecule has 0 bridgehead atoms. The van der Waals surface area contributed by atoms with Crippen LogP contribution in [-0.4, -0.2) is 37.2 Å². The fourth-order valence-corrected chi connectivity index (χ4v) is 6.46. The standard InChI is InChI=1S/C57H92O6/c1-4-7-10-13-16-19-22-24-26-28-30-32-35-37-40-43-46-49-55(58)61-52-54(63-57(60)51-48-45-42-39-34-21-18-15-12-9-6-3)53-62-56(59)50-47-44-41-38-36-33-31-29-27-25-23-20-17-14-11-8-5-2/h7-8,10-11,15-20,24-27,30-33,54H,4-6,9,12-14,21-23,28-29,34-53H2,1-3H3/b10-7-,11-8-,18-15-,19-16-,20-17-,26-24-,27-25-,32-30-,33-31-. The Hall–Kier alpha value is -3.93. The fourth-order valence-electron chi connectivity index (χ4n) is 6.46. The molecular weight excluding hydrogens is 781 g/mol. The van der Waals surface area contributed by atoms with Crippen molar-refractivity contribution in [1.82, 2.24) is 0 Å². The van der Waals surface area contributed by atoms with Gasteiger partial charge in [-0.2, -0.15) is 0 Å². The molecule has 0 unspecified atom stereocenters. The first-order valence-corrected chi connectivity index (χ1v) is 25.4. The van der Waals surface area contributed by atoms with Crippen molar-refractivity contribution in [2.24, 2.45) is 0 Å². The van der Waals surface area contributed by atoms with Gasteiger partial charge in [0.2, 0.25) is 0 Å². The number of carbonyl (C=O) groups is 3. The highest BCUT2D eigenvalue weighted by Crippen LogP contribution is 2.12. The van der Waals surface area contributed by atoms with Crippen molar-refractivity contribution in [3.63, 3.8) is 0 Å². The monoisotopic (exact) mass is 873 g/mol. The van der Waals surface area contributed by atoms with Crippen molar-refractivity contribution in [2.45, 2.75) is 219 Å². The van der Waals surface area contributed by atoms with E-state index in [1.807, 2.05) is 0 Å². The molecule has 63 heavy (non-hydrogen) atoms. The summed E-state index contributed by atoms with van der Waals surface area (Å²) in [5.41, 5.74) is 0. The lowest BCUT2D eigenvalue weighted by molar-refractivity contribution is -0.167. The van der Waals surface area contributed by atoms with Crippen molar-refractivity contribution in [2.75, 3.05) is 13.2 Å². The van der Waals surface area contributed by atoms with E-state index in [1.165, 1.54) is 25.7 Å². The molecule has 0 fully saturated rings. The number of unbranched alkanes of at least 4 members (excludes halogenated alkanes) is 15. The summed E-state index contributed by atoms with van der Waals surface area (Å²) < 4.78 is 16.7. The molecule has 0 aromatic carbocycles. The summed E-state index contributed by atoms with van der Waals surface area (Å²) in [5.74, 6) is -0.967. The molecule has 0 rings (SSSR count). The van der Waals surface area contributed by atoms with Gasteiger partial charge in [0.25, 0.3) is 0 Å². The first-order chi connectivity index (χ1) is 31.0. The first kappa shape index (κ1) is 59.1. The molecule has 0 aromatic rings. The van der Waals surface area contributed by atoms with E-state index < -0.39 is 6.10 Å². The van der Waals surface area contributed by atoms with E-state index in [2.05, 4.69) is 130 Å². The van der Waals surface area contributed by atoms with Gasteiger partial charge in [-0.25, -0.2) is 0 Å². The smallest absolute Gasteiger partial charge is 0.306 e. The lowest BCUT2D eigenvalue weighted by Crippen LogP contribution is -2.30. The maximum absolute atomic E-state index is 12.8. The molecule has 0 saturated heterocycles. The van der Waals surface area contributed by atoms with E-state index in [9.17, 15) is 14.4 Å². The molecular formula is C57H92O6. The second kappa shape index (κ2) is 50.7. The van der Waals surface area contributed by atoms with Gasteiger partial charge in [0.15, 0.2) is 6.10 Å². The zero-order valence-corrected chi connectivity index (χ0v) is 40.5. The van der Waals surface area contributed by atoms with Crippen molar-refractivity contribution in [3.05, 3.63) is 109 Å². The summed E-state index contributed by atoms with van der Waals surface area (Å²) >= 11 is 0. The van der Waals surface area contributed by atoms with E-state index in [4.69, 9.17) is 14.2 Å². The van der Waals surface area contributed by atoms with Crippen molar-refractivity contribution in [3.8, 4) is 0 Å². The normalized spacial score (nSPS) is 12.6. The van der Waals surface area contributed by atoms with Gasteiger partial charge in [0.1, 0.15) is 13.2 Å². The number of rotatable bonds is 44. The Kier molecular flexibility index (Phi) is 47.5.